The molecule has 0 aliphatic carbocycles. The number of hydrogen-bond donors (Lipinski definition) is 1. The van der Waals surface area contributed by atoms with Crippen molar-refractivity contribution in [2.45, 2.75) is 18.9 Å². The number of carbonyl (C=O) groups excluding carboxylic acids is 1. The first kappa shape index (κ1) is 14.3. The molecule has 3 heterocycles. The van der Waals surface area contributed by atoms with Gasteiger partial charge in [-0.15, -0.1) is 16.4 Å². The topological polar surface area (TPSA) is 58.1 Å². The molecular formula is C14H15ClN4OS. The van der Waals surface area contributed by atoms with Crippen molar-refractivity contribution in [3.05, 3.63) is 39.7 Å². The van der Waals surface area contributed by atoms with E-state index in [2.05, 4.69) is 20.4 Å². The molecule has 0 aromatic carbocycles. The van der Waals surface area contributed by atoms with Crippen LogP contribution in [0.3, 0.4) is 0 Å². The highest BCUT2D eigenvalue weighted by Crippen LogP contribution is 2.21. The summed E-state index contributed by atoms with van der Waals surface area (Å²) >= 11 is 7.23. The Kier molecular flexibility index (Phi) is 4.36. The maximum Gasteiger partial charge on any atom is 0.252 e. The van der Waals surface area contributed by atoms with Gasteiger partial charge in [0, 0.05) is 30.7 Å². The number of anilines is 1. The molecule has 3 rings (SSSR count). The summed E-state index contributed by atoms with van der Waals surface area (Å²) in [6, 6.07) is 5.63. The molecule has 1 aliphatic heterocycles. The van der Waals surface area contributed by atoms with E-state index in [9.17, 15) is 4.79 Å². The molecule has 1 amide bonds. The monoisotopic (exact) mass is 322 g/mol. The number of thiophene rings is 1. The van der Waals surface area contributed by atoms with E-state index in [-0.39, 0.29) is 11.9 Å². The van der Waals surface area contributed by atoms with Crippen LogP contribution >= 0.6 is 22.9 Å². The average Bonchev–Trinajstić information content (AvgIpc) is 2.95. The minimum Gasteiger partial charge on any atom is -0.353 e. The summed E-state index contributed by atoms with van der Waals surface area (Å²) in [6.45, 7) is 1.69. The highest BCUT2D eigenvalue weighted by atomic mass is 35.5. The lowest BCUT2D eigenvalue weighted by Gasteiger charge is -2.33. The van der Waals surface area contributed by atoms with Gasteiger partial charge in [-0.25, -0.2) is 0 Å². The van der Waals surface area contributed by atoms with Crippen LogP contribution in [0.1, 0.15) is 23.2 Å². The van der Waals surface area contributed by atoms with Gasteiger partial charge in [0.25, 0.3) is 5.91 Å². The summed E-state index contributed by atoms with van der Waals surface area (Å²) in [7, 11) is 0. The zero-order chi connectivity index (χ0) is 14.7. The van der Waals surface area contributed by atoms with Crippen molar-refractivity contribution in [3.63, 3.8) is 0 Å². The van der Waals surface area contributed by atoms with E-state index in [1.807, 2.05) is 12.1 Å². The fourth-order valence-corrected chi connectivity index (χ4v) is 3.32. The van der Waals surface area contributed by atoms with E-state index >= 15 is 0 Å². The van der Waals surface area contributed by atoms with E-state index in [0.29, 0.717) is 9.90 Å². The van der Waals surface area contributed by atoms with Crippen molar-refractivity contribution in [2.24, 2.45) is 0 Å². The van der Waals surface area contributed by atoms with Crippen molar-refractivity contribution in [3.8, 4) is 0 Å². The Morgan fingerprint density at radius 2 is 2.43 bits per heavy atom. The number of aromatic nitrogens is 2. The second kappa shape index (κ2) is 6.41. The van der Waals surface area contributed by atoms with Gasteiger partial charge in [-0.3, -0.25) is 4.79 Å². The molecule has 5 nitrogen and oxygen atoms in total. The van der Waals surface area contributed by atoms with Crippen LogP contribution in [-0.2, 0) is 0 Å². The lowest BCUT2D eigenvalue weighted by molar-refractivity contribution is 0.0933. The van der Waals surface area contributed by atoms with Crippen LogP contribution < -0.4 is 10.2 Å². The van der Waals surface area contributed by atoms with Gasteiger partial charge in [-0.2, -0.15) is 5.10 Å². The third kappa shape index (κ3) is 3.51. The maximum atomic E-state index is 12.2. The van der Waals surface area contributed by atoms with Gasteiger partial charge in [-0.05, 0) is 31.0 Å². The van der Waals surface area contributed by atoms with Gasteiger partial charge in [0.2, 0.25) is 0 Å². The fourth-order valence-electron chi connectivity index (χ4n) is 2.46. The maximum absolute atomic E-state index is 12.2. The second-order valence-corrected chi connectivity index (χ2v) is 6.52. The predicted molar refractivity (Wildman–Crippen MR) is 84.1 cm³/mol. The molecule has 0 unspecified atom stereocenters. The molecule has 0 radical (unpaired) electrons. The van der Waals surface area contributed by atoms with Gasteiger partial charge >= 0.3 is 0 Å². The van der Waals surface area contributed by atoms with Gasteiger partial charge in [0.15, 0.2) is 5.82 Å². The molecule has 1 aliphatic rings. The molecule has 110 valence electrons. The number of hydrogen-bond acceptors (Lipinski definition) is 5. The summed E-state index contributed by atoms with van der Waals surface area (Å²) in [5, 5.41) is 12.9. The number of carbonyl (C=O) groups is 1. The van der Waals surface area contributed by atoms with Crippen LogP contribution in [0.25, 0.3) is 0 Å². The molecule has 1 atom stereocenters. The van der Waals surface area contributed by atoms with Gasteiger partial charge < -0.3 is 10.2 Å². The van der Waals surface area contributed by atoms with Gasteiger partial charge in [0.05, 0.1) is 9.90 Å². The van der Waals surface area contributed by atoms with Crippen molar-refractivity contribution in [1.29, 1.82) is 0 Å². The highest BCUT2D eigenvalue weighted by Gasteiger charge is 2.23. The van der Waals surface area contributed by atoms with Crippen LogP contribution in [0.4, 0.5) is 5.82 Å². The predicted octanol–water partition coefficient (Wildman–Crippen LogP) is 2.59. The Hall–Kier alpha value is -1.66. The first-order valence-electron chi connectivity index (χ1n) is 6.80. The minimum atomic E-state index is -0.0656. The first-order chi connectivity index (χ1) is 10.2. The Balaban J connectivity index is 1.62. The van der Waals surface area contributed by atoms with Crippen LogP contribution in [0.15, 0.2) is 29.8 Å². The Morgan fingerprint density at radius 1 is 1.52 bits per heavy atom. The van der Waals surface area contributed by atoms with Crippen LogP contribution in [0.2, 0.25) is 4.34 Å². The number of nitrogens with zero attached hydrogens (tertiary/aromatic N) is 3. The zero-order valence-corrected chi connectivity index (χ0v) is 12.9. The van der Waals surface area contributed by atoms with Crippen LogP contribution in [-0.4, -0.2) is 35.2 Å². The van der Waals surface area contributed by atoms with Crippen molar-refractivity contribution in [2.75, 3.05) is 18.0 Å². The second-order valence-electron chi connectivity index (χ2n) is 4.98. The van der Waals surface area contributed by atoms with Crippen LogP contribution in [0, 0.1) is 0 Å². The Bertz CT molecular complexity index is 618. The molecule has 0 bridgehead atoms. The molecule has 21 heavy (non-hydrogen) atoms. The standard InChI is InChI=1S/C14H15ClN4OS/c15-12-7-10(9-21-12)14(20)17-11-3-2-6-19(8-11)13-4-1-5-16-18-13/h1,4-5,7,9,11H,2-3,6,8H2,(H,17,20)/t11-/m1/s1. The number of nitrogens with one attached hydrogen (secondary N) is 1. The lowest BCUT2D eigenvalue weighted by Crippen LogP contribution is -2.48. The molecule has 2 aromatic heterocycles. The molecule has 1 saturated heterocycles. The first-order valence-corrected chi connectivity index (χ1v) is 8.05. The van der Waals surface area contributed by atoms with Gasteiger partial charge in [-0.1, -0.05) is 11.6 Å². The summed E-state index contributed by atoms with van der Waals surface area (Å²) in [5.74, 6) is 0.791. The van der Waals surface area contributed by atoms with E-state index in [1.54, 1.807) is 17.6 Å². The largest absolute Gasteiger partial charge is 0.353 e. The summed E-state index contributed by atoms with van der Waals surface area (Å²) in [5.41, 5.74) is 0.627. The molecule has 7 heteroatoms. The third-order valence-electron chi connectivity index (χ3n) is 3.47. The number of halogens is 1. The number of rotatable bonds is 3. The van der Waals surface area contributed by atoms with E-state index in [4.69, 9.17) is 11.6 Å². The van der Waals surface area contributed by atoms with Crippen molar-refractivity contribution in [1.82, 2.24) is 15.5 Å². The quantitative estimate of drug-likeness (QED) is 0.943. The number of amides is 1. The van der Waals surface area contributed by atoms with E-state index in [0.717, 1.165) is 31.7 Å². The number of piperidine rings is 1. The SMILES string of the molecule is O=C(N[C@@H]1CCCN(c2cccnn2)C1)c1csc(Cl)c1. The molecule has 0 spiro atoms. The van der Waals surface area contributed by atoms with E-state index < -0.39 is 0 Å². The molecule has 1 fully saturated rings. The summed E-state index contributed by atoms with van der Waals surface area (Å²) in [4.78, 5) is 14.3. The third-order valence-corrected chi connectivity index (χ3v) is 4.56. The van der Waals surface area contributed by atoms with E-state index in [1.165, 1.54) is 11.3 Å². The minimum absolute atomic E-state index is 0.0656. The lowest BCUT2D eigenvalue weighted by atomic mass is 10.1. The van der Waals surface area contributed by atoms with Crippen molar-refractivity contribution < 1.29 is 4.79 Å². The van der Waals surface area contributed by atoms with Crippen LogP contribution in [0.5, 0.6) is 0 Å². The zero-order valence-electron chi connectivity index (χ0n) is 11.3. The van der Waals surface area contributed by atoms with Crippen molar-refractivity contribution >= 4 is 34.7 Å². The highest BCUT2D eigenvalue weighted by molar-refractivity contribution is 7.14. The normalized spacial score (nSPS) is 18.5. The Morgan fingerprint density at radius 3 is 3.14 bits per heavy atom. The average molecular weight is 323 g/mol. The summed E-state index contributed by atoms with van der Waals surface area (Å²) in [6.07, 6.45) is 3.65. The summed E-state index contributed by atoms with van der Waals surface area (Å²) < 4.78 is 0.630. The fraction of sp³-hybridized carbons (Fsp3) is 0.357. The Labute approximate surface area is 131 Å². The molecular weight excluding hydrogens is 308 g/mol. The molecule has 1 N–H and O–H groups in total. The van der Waals surface area contributed by atoms with Gasteiger partial charge in [0.1, 0.15) is 0 Å². The molecule has 0 saturated carbocycles. The smallest absolute Gasteiger partial charge is 0.252 e. The molecule has 2 aromatic rings.